The van der Waals surface area contributed by atoms with Crippen LogP contribution in [0.5, 0.6) is 0 Å². The number of aryl methyl sites for hydroxylation is 1. The van der Waals surface area contributed by atoms with Gasteiger partial charge in [0.1, 0.15) is 0 Å². The molecule has 4 rings (SSSR count). The maximum atomic E-state index is 6.01. The highest BCUT2D eigenvalue weighted by atomic mass is 35.5. The predicted octanol–water partition coefficient (Wildman–Crippen LogP) is 4.21. The highest BCUT2D eigenvalue weighted by Gasteiger charge is 2.38. The fourth-order valence-electron chi connectivity index (χ4n) is 3.61. The normalized spacial score (nSPS) is 19.3. The topological polar surface area (TPSA) is 27.1 Å². The van der Waals surface area contributed by atoms with Crippen molar-refractivity contribution in [3.05, 3.63) is 90.0 Å². The number of imidazole rings is 1. The summed E-state index contributed by atoms with van der Waals surface area (Å²) in [5.41, 5.74) is 3.93. The summed E-state index contributed by atoms with van der Waals surface area (Å²) in [5, 5.41) is 0. The third-order valence-corrected chi connectivity index (χ3v) is 4.82. The zero-order chi connectivity index (χ0) is 15.5. The average Bonchev–Trinajstić information content (AvgIpc) is 3.14. The molecule has 1 unspecified atom stereocenters. The number of halogens is 1. The summed E-state index contributed by atoms with van der Waals surface area (Å²) in [4.78, 5) is 4.16. The van der Waals surface area contributed by atoms with E-state index < -0.39 is 0 Å². The minimum absolute atomic E-state index is 0. The van der Waals surface area contributed by atoms with Crippen molar-refractivity contribution in [2.24, 2.45) is 0 Å². The second kappa shape index (κ2) is 7.20. The van der Waals surface area contributed by atoms with Gasteiger partial charge in [-0.25, -0.2) is 4.98 Å². The minimum Gasteiger partial charge on any atom is -0.375 e. The number of benzene rings is 2. The van der Waals surface area contributed by atoms with Gasteiger partial charge in [0.15, 0.2) is 0 Å². The molecular weight excluding hydrogens is 320 g/mol. The van der Waals surface area contributed by atoms with E-state index in [1.54, 1.807) is 0 Å². The molecule has 0 aliphatic carbocycles. The van der Waals surface area contributed by atoms with E-state index in [-0.39, 0.29) is 17.8 Å². The number of rotatable bonds is 4. The first-order valence-electron chi connectivity index (χ1n) is 8.06. The van der Waals surface area contributed by atoms with Crippen molar-refractivity contribution in [1.82, 2.24) is 9.55 Å². The molecule has 0 spiro atoms. The molecule has 0 saturated heterocycles. The molecule has 0 radical (unpaired) electrons. The predicted molar refractivity (Wildman–Crippen MR) is 97.4 cm³/mol. The molecule has 3 aromatic rings. The summed E-state index contributed by atoms with van der Waals surface area (Å²) in [6.07, 6.45) is 6.73. The van der Waals surface area contributed by atoms with E-state index in [2.05, 4.69) is 64.1 Å². The summed E-state index contributed by atoms with van der Waals surface area (Å²) < 4.78 is 8.15. The molecule has 2 aromatic carbocycles. The van der Waals surface area contributed by atoms with Gasteiger partial charge in [0.25, 0.3) is 0 Å². The molecule has 1 aliphatic rings. The highest BCUT2D eigenvalue weighted by Crippen LogP contribution is 2.41. The van der Waals surface area contributed by atoms with Crippen LogP contribution in [-0.4, -0.2) is 16.2 Å². The summed E-state index contributed by atoms with van der Waals surface area (Å²) in [7, 11) is 0. The van der Waals surface area contributed by atoms with E-state index in [0.29, 0.717) is 6.61 Å². The smallest absolute Gasteiger partial charge is 0.0945 e. The molecular formula is C20H21ClN2O. The van der Waals surface area contributed by atoms with Crippen molar-refractivity contribution in [2.45, 2.75) is 25.0 Å². The molecule has 3 nitrogen and oxygen atoms in total. The van der Waals surface area contributed by atoms with Crippen LogP contribution >= 0.6 is 12.4 Å². The summed E-state index contributed by atoms with van der Waals surface area (Å²) in [6, 6.07) is 19.4. The van der Waals surface area contributed by atoms with Crippen LogP contribution < -0.4 is 0 Å². The molecule has 1 aliphatic heterocycles. The molecule has 0 N–H and O–H groups in total. The number of hydrogen-bond donors (Lipinski definition) is 0. The second-order valence-electron chi connectivity index (χ2n) is 6.15. The van der Waals surface area contributed by atoms with Crippen LogP contribution in [0.3, 0.4) is 0 Å². The highest BCUT2D eigenvalue weighted by molar-refractivity contribution is 5.85. The lowest BCUT2D eigenvalue weighted by atomic mass is 9.70. The Labute approximate surface area is 148 Å². The quantitative estimate of drug-likeness (QED) is 0.711. The Bertz CT molecular complexity index is 773. The van der Waals surface area contributed by atoms with Gasteiger partial charge in [-0.1, -0.05) is 54.6 Å². The van der Waals surface area contributed by atoms with Gasteiger partial charge in [0.05, 0.1) is 19.5 Å². The summed E-state index contributed by atoms with van der Waals surface area (Å²) >= 11 is 0. The van der Waals surface area contributed by atoms with Crippen molar-refractivity contribution in [1.29, 1.82) is 0 Å². The summed E-state index contributed by atoms with van der Waals surface area (Å²) in [5.74, 6) is 0. The van der Waals surface area contributed by atoms with Crippen molar-refractivity contribution in [3.63, 3.8) is 0 Å². The molecule has 4 heteroatoms. The Hall–Kier alpha value is -2.10. The van der Waals surface area contributed by atoms with Crippen LogP contribution in [0.2, 0.25) is 0 Å². The average molecular weight is 341 g/mol. The van der Waals surface area contributed by atoms with Gasteiger partial charge >= 0.3 is 0 Å². The van der Waals surface area contributed by atoms with E-state index in [1.807, 2.05) is 18.7 Å². The Kier molecular flexibility index (Phi) is 5.03. The summed E-state index contributed by atoms with van der Waals surface area (Å²) in [6.45, 7) is 2.35. The van der Waals surface area contributed by atoms with Crippen LogP contribution in [0, 0.1) is 0 Å². The zero-order valence-electron chi connectivity index (χ0n) is 13.5. The molecule has 1 aromatic heterocycles. The first-order chi connectivity index (χ1) is 11.4. The molecule has 24 heavy (non-hydrogen) atoms. The van der Waals surface area contributed by atoms with Gasteiger partial charge in [0.2, 0.25) is 0 Å². The van der Waals surface area contributed by atoms with Crippen LogP contribution in [0.4, 0.5) is 0 Å². The van der Waals surface area contributed by atoms with Crippen LogP contribution in [0.25, 0.3) is 0 Å². The number of fused-ring (bicyclic) bond motifs is 1. The van der Waals surface area contributed by atoms with Crippen molar-refractivity contribution < 1.29 is 4.74 Å². The van der Waals surface area contributed by atoms with Crippen LogP contribution in [0.1, 0.15) is 23.1 Å². The molecule has 0 fully saturated rings. The van der Waals surface area contributed by atoms with Gasteiger partial charge in [-0.15, -0.1) is 12.4 Å². The standard InChI is InChI=1S/C20H20N2O.ClH/c1-2-7-18(8-3-1)20(10-12-22-13-11-21-16-22)15-23-14-17-6-4-5-9-19(17)20;/h1-9,11,13,16H,10,12,14-15H2;1H. The number of ether oxygens (including phenoxy) is 1. The van der Waals surface area contributed by atoms with Gasteiger partial charge < -0.3 is 9.30 Å². The van der Waals surface area contributed by atoms with Crippen LogP contribution in [-0.2, 0) is 23.3 Å². The fraction of sp³-hybridized carbons (Fsp3) is 0.250. The Morgan fingerprint density at radius 3 is 2.62 bits per heavy atom. The van der Waals surface area contributed by atoms with Crippen LogP contribution in [0.15, 0.2) is 73.3 Å². The Morgan fingerprint density at radius 2 is 1.83 bits per heavy atom. The van der Waals surface area contributed by atoms with Gasteiger partial charge in [-0.05, 0) is 23.1 Å². The largest absolute Gasteiger partial charge is 0.375 e. The molecule has 0 amide bonds. The van der Waals surface area contributed by atoms with Gasteiger partial charge in [-0.3, -0.25) is 0 Å². The van der Waals surface area contributed by atoms with Gasteiger partial charge in [0, 0.05) is 24.4 Å². The lowest BCUT2D eigenvalue weighted by molar-refractivity contribution is 0.0604. The first-order valence-corrected chi connectivity index (χ1v) is 8.06. The molecule has 124 valence electrons. The Balaban J connectivity index is 0.00000169. The molecule has 0 saturated carbocycles. The maximum absolute atomic E-state index is 6.01. The van der Waals surface area contributed by atoms with Crippen molar-refractivity contribution in [3.8, 4) is 0 Å². The maximum Gasteiger partial charge on any atom is 0.0945 e. The van der Waals surface area contributed by atoms with E-state index in [0.717, 1.165) is 19.6 Å². The molecule has 1 atom stereocenters. The lowest BCUT2D eigenvalue weighted by Gasteiger charge is -2.40. The number of aromatic nitrogens is 2. The number of nitrogens with zero attached hydrogens (tertiary/aromatic N) is 2. The third kappa shape index (κ3) is 2.97. The van der Waals surface area contributed by atoms with Crippen molar-refractivity contribution in [2.75, 3.05) is 6.61 Å². The SMILES string of the molecule is Cl.c1ccc(C2(CCn3ccnc3)COCc3ccccc32)cc1. The minimum atomic E-state index is -0.0969. The van der Waals surface area contributed by atoms with Gasteiger partial charge in [-0.2, -0.15) is 0 Å². The number of hydrogen-bond acceptors (Lipinski definition) is 2. The lowest BCUT2D eigenvalue weighted by Crippen LogP contribution is -2.38. The van der Waals surface area contributed by atoms with E-state index in [4.69, 9.17) is 4.74 Å². The first kappa shape index (κ1) is 16.7. The molecule has 2 heterocycles. The van der Waals surface area contributed by atoms with E-state index >= 15 is 0 Å². The monoisotopic (exact) mass is 340 g/mol. The third-order valence-electron chi connectivity index (χ3n) is 4.82. The van der Waals surface area contributed by atoms with Crippen molar-refractivity contribution >= 4 is 12.4 Å². The zero-order valence-corrected chi connectivity index (χ0v) is 14.3. The molecule has 0 bridgehead atoms. The Morgan fingerprint density at radius 1 is 1.04 bits per heavy atom. The fourth-order valence-corrected chi connectivity index (χ4v) is 3.61. The second-order valence-corrected chi connectivity index (χ2v) is 6.15. The van der Waals surface area contributed by atoms with E-state index in [1.165, 1.54) is 16.7 Å². The van der Waals surface area contributed by atoms with E-state index in [9.17, 15) is 0 Å².